The maximum atomic E-state index is 5.40. The highest BCUT2D eigenvalue weighted by atomic mass is 32.1. The van der Waals surface area contributed by atoms with E-state index in [1.54, 1.807) is 0 Å². The van der Waals surface area contributed by atoms with E-state index in [-0.39, 0.29) is 5.54 Å². The Balaban J connectivity index is 2.97. The summed E-state index contributed by atoms with van der Waals surface area (Å²) in [7, 11) is 0. The van der Waals surface area contributed by atoms with Crippen LogP contribution in [0.4, 0.5) is 0 Å². The molecule has 22 heavy (non-hydrogen) atoms. The van der Waals surface area contributed by atoms with Crippen molar-refractivity contribution in [2.24, 2.45) is 16.1 Å². The van der Waals surface area contributed by atoms with Gasteiger partial charge in [-0.2, -0.15) is 10.2 Å². The predicted octanol–water partition coefficient (Wildman–Crippen LogP) is 4.23. The van der Waals surface area contributed by atoms with Gasteiger partial charge in [-0.1, -0.05) is 44.2 Å². The Morgan fingerprint density at radius 1 is 1.09 bits per heavy atom. The van der Waals surface area contributed by atoms with Crippen LogP contribution in [0.5, 0.6) is 0 Å². The van der Waals surface area contributed by atoms with Crippen molar-refractivity contribution in [1.29, 1.82) is 0 Å². The molecule has 122 valence electrons. The van der Waals surface area contributed by atoms with Gasteiger partial charge in [-0.15, -0.1) is 0 Å². The molecule has 2 N–H and O–H groups in total. The minimum Gasteiger partial charge on any atom is -0.362 e. The van der Waals surface area contributed by atoms with Gasteiger partial charge in [-0.05, 0) is 45.8 Å². The highest BCUT2D eigenvalue weighted by Crippen LogP contribution is 2.24. The Morgan fingerprint density at radius 2 is 1.68 bits per heavy atom. The molecule has 1 atom stereocenters. The van der Waals surface area contributed by atoms with Crippen LogP contribution in [-0.2, 0) is 5.66 Å². The first-order valence-corrected chi connectivity index (χ1v) is 8.09. The van der Waals surface area contributed by atoms with E-state index < -0.39 is 5.66 Å². The Morgan fingerprint density at radius 3 is 2.18 bits per heavy atom. The van der Waals surface area contributed by atoms with Crippen LogP contribution in [0.15, 0.2) is 40.6 Å². The van der Waals surface area contributed by atoms with E-state index >= 15 is 0 Å². The van der Waals surface area contributed by atoms with Crippen LogP contribution >= 0.6 is 12.2 Å². The molecule has 1 rings (SSSR count). The van der Waals surface area contributed by atoms with Gasteiger partial charge in [0.1, 0.15) is 0 Å². The second-order valence-electron chi connectivity index (χ2n) is 7.04. The van der Waals surface area contributed by atoms with Crippen molar-refractivity contribution in [2.45, 2.75) is 52.7 Å². The summed E-state index contributed by atoms with van der Waals surface area (Å²) >= 11 is 5.40. The van der Waals surface area contributed by atoms with Crippen LogP contribution in [0.3, 0.4) is 0 Å². The molecule has 0 heterocycles. The Bertz CT molecular complexity index is 505. The first-order chi connectivity index (χ1) is 10.1. The van der Waals surface area contributed by atoms with Crippen molar-refractivity contribution in [3.05, 3.63) is 35.9 Å². The lowest BCUT2D eigenvalue weighted by Gasteiger charge is -2.29. The molecule has 0 saturated heterocycles. The lowest BCUT2D eigenvalue weighted by molar-refractivity contribution is 0.394. The molecule has 5 heteroatoms. The smallest absolute Gasteiger partial charge is 0.174 e. The first-order valence-electron chi connectivity index (χ1n) is 7.68. The second kappa shape index (κ2) is 7.68. The number of hydrogen-bond donors (Lipinski definition) is 2. The number of thiocarbonyl (C=S) groups is 1. The maximum Gasteiger partial charge on any atom is 0.174 e. The van der Waals surface area contributed by atoms with E-state index in [0.717, 1.165) is 12.1 Å². The van der Waals surface area contributed by atoms with Gasteiger partial charge in [0, 0.05) is 12.1 Å². The van der Waals surface area contributed by atoms with E-state index in [4.69, 9.17) is 12.2 Å². The third-order valence-electron chi connectivity index (χ3n) is 2.91. The highest BCUT2D eigenvalue weighted by Gasteiger charge is 2.28. The number of nitrogens with zero attached hydrogens (tertiary/aromatic N) is 2. The van der Waals surface area contributed by atoms with Crippen LogP contribution in [0.25, 0.3) is 0 Å². The Hall–Kier alpha value is -1.49. The van der Waals surface area contributed by atoms with Gasteiger partial charge in [0.25, 0.3) is 0 Å². The minimum atomic E-state index is -0.685. The average molecular weight is 321 g/mol. The van der Waals surface area contributed by atoms with E-state index in [1.807, 2.05) is 58.0 Å². The number of rotatable bonds is 5. The van der Waals surface area contributed by atoms with E-state index in [0.29, 0.717) is 11.0 Å². The molecule has 0 aliphatic rings. The van der Waals surface area contributed by atoms with Gasteiger partial charge in [0.2, 0.25) is 0 Å². The average Bonchev–Trinajstić information content (AvgIpc) is 2.43. The number of azo groups is 1. The molecular weight excluding hydrogens is 292 g/mol. The van der Waals surface area contributed by atoms with Crippen LogP contribution in [-0.4, -0.2) is 17.2 Å². The molecule has 0 spiro atoms. The van der Waals surface area contributed by atoms with E-state index in [9.17, 15) is 0 Å². The van der Waals surface area contributed by atoms with E-state index in [2.05, 4.69) is 34.7 Å². The number of benzene rings is 1. The SMILES string of the molecule is CC(C)CNC(=S)NC(C)(N=NC(C)(C)C)c1ccccc1. The molecule has 0 aromatic heterocycles. The molecule has 0 aliphatic heterocycles. The van der Waals surface area contributed by atoms with Gasteiger partial charge in [0.05, 0.1) is 5.54 Å². The molecule has 1 unspecified atom stereocenters. The molecule has 4 nitrogen and oxygen atoms in total. The fraction of sp³-hybridized carbons (Fsp3) is 0.588. The Kier molecular flexibility index (Phi) is 6.48. The zero-order valence-corrected chi connectivity index (χ0v) is 15.3. The molecule has 0 saturated carbocycles. The standard InChI is InChI=1S/C17H28N4S/c1-13(2)12-18-15(22)19-17(6,21-20-16(3,4)5)14-10-8-7-9-11-14/h7-11,13H,12H2,1-6H3,(H2,18,19,22). The quantitative estimate of drug-likeness (QED) is 0.630. The number of nitrogens with one attached hydrogen (secondary N) is 2. The van der Waals surface area contributed by atoms with Crippen LogP contribution in [0.1, 0.15) is 47.1 Å². The summed E-state index contributed by atoms with van der Waals surface area (Å²) < 4.78 is 0. The molecule has 0 radical (unpaired) electrons. The van der Waals surface area contributed by atoms with Crippen molar-refractivity contribution < 1.29 is 0 Å². The topological polar surface area (TPSA) is 48.8 Å². The fourth-order valence-electron chi connectivity index (χ4n) is 1.73. The Labute approximate surface area is 139 Å². The summed E-state index contributed by atoms with van der Waals surface area (Å²) in [6.07, 6.45) is 0. The summed E-state index contributed by atoms with van der Waals surface area (Å²) in [5.74, 6) is 0.527. The zero-order chi connectivity index (χ0) is 16.8. The van der Waals surface area contributed by atoms with Crippen molar-refractivity contribution in [3.8, 4) is 0 Å². The van der Waals surface area contributed by atoms with Gasteiger partial charge < -0.3 is 10.6 Å². The normalized spacial score (nSPS) is 14.9. The molecule has 0 bridgehead atoms. The summed E-state index contributed by atoms with van der Waals surface area (Å²) in [5, 5.41) is 16.1. The summed E-state index contributed by atoms with van der Waals surface area (Å²) in [6, 6.07) is 10.0. The van der Waals surface area contributed by atoms with Gasteiger partial charge in [0.15, 0.2) is 10.8 Å². The molecule has 0 fully saturated rings. The maximum absolute atomic E-state index is 5.40. The largest absolute Gasteiger partial charge is 0.362 e. The summed E-state index contributed by atoms with van der Waals surface area (Å²) in [4.78, 5) is 0. The number of hydrogen-bond acceptors (Lipinski definition) is 3. The minimum absolute atomic E-state index is 0.231. The molecule has 0 amide bonds. The monoisotopic (exact) mass is 320 g/mol. The van der Waals surface area contributed by atoms with Crippen LogP contribution in [0.2, 0.25) is 0 Å². The lowest BCUT2D eigenvalue weighted by atomic mass is 10.0. The zero-order valence-electron chi connectivity index (χ0n) is 14.5. The summed E-state index contributed by atoms with van der Waals surface area (Å²) in [6.45, 7) is 13.2. The summed E-state index contributed by atoms with van der Waals surface area (Å²) in [5.41, 5.74) is 0.108. The van der Waals surface area contributed by atoms with E-state index in [1.165, 1.54) is 0 Å². The van der Waals surface area contributed by atoms with Crippen LogP contribution < -0.4 is 10.6 Å². The van der Waals surface area contributed by atoms with Crippen molar-refractivity contribution in [3.63, 3.8) is 0 Å². The van der Waals surface area contributed by atoms with Crippen molar-refractivity contribution >= 4 is 17.3 Å². The third-order valence-corrected chi connectivity index (χ3v) is 3.16. The molecule has 1 aromatic rings. The highest BCUT2D eigenvalue weighted by molar-refractivity contribution is 7.80. The molecule has 1 aromatic carbocycles. The van der Waals surface area contributed by atoms with Crippen molar-refractivity contribution in [2.75, 3.05) is 6.54 Å². The van der Waals surface area contributed by atoms with Gasteiger partial charge in [-0.25, -0.2) is 0 Å². The lowest BCUT2D eigenvalue weighted by Crippen LogP contribution is -2.47. The first kappa shape index (κ1) is 18.6. The second-order valence-corrected chi connectivity index (χ2v) is 7.45. The van der Waals surface area contributed by atoms with Gasteiger partial charge in [-0.3, -0.25) is 0 Å². The van der Waals surface area contributed by atoms with Gasteiger partial charge >= 0.3 is 0 Å². The predicted molar refractivity (Wildman–Crippen MR) is 97.0 cm³/mol. The third kappa shape index (κ3) is 6.52. The molecule has 0 aliphatic carbocycles. The molecular formula is C17H28N4S. The van der Waals surface area contributed by atoms with Crippen molar-refractivity contribution in [1.82, 2.24) is 10.6 Å². The van der Waals surface area contributed by atoms with Crippen LogP contribution in [0, 0.1) is 5.92 Å². The fourth-order valence-corrected chi connectivity index (χ4v) is 2.01.